The molecule has 0 radical (unpaired) electrons. The highest BCUT2D eigenvalue weighted by molar-refractivity contribution is 7.14. The fourth-order valence-electron chi connectivity index (χ4n) is 3.80. The van der Waals surface area contributed by atoms with E-state index in [0.29, 0.717) is 29.5 Å². The van der Waals surface area contributed by atoms with E-state index in [-0.39, 0.29) is 11.4 Å². The fourth-order valence-corrected chi connectivity index (χ4v) is 4.67. The molecule has 1 amide bonds. The fraction of sp³-hybridized carbons (Fsp3) is 0.435. The second-order valence-electron chi connectivity index (χ2n) is 7.80. The number of carbonyl (C=O) groups excluding carboxylic acids is 2. The maximum atomic E-state index is 13.5. The lowest BCUT2D eigenvalue weighted by atomic mass is 9.95. The van der Waals surface area contributed by atoms with Crippen molar-refractivity contribution in [2.24, 2.45) is 0 Å². The summed E-state index contributed by atoms with van der Waals surface area (Å²) in [6, 6.07) is 6.68. The molecule has 1 aromatic carbocycles. The van der Waals surface area contributed by atoms with Gasteiger partial charge in [0.15, 0.2) is 5.76 Å². The minimum absolute atomic E-state index is 0.116. The van der Waals surface area contributed by atoms with Crippen LogP contribution in [0.25, 0.3) is 0 Å². The van der Waals surface area contributed by atoms with Crippen LogP contribution < -0.4 is 4.74 Å². The number of aromatic nitrogens is 1. The number of nitrogens with zero attached hydrogens (tertiary/aromatic N) is 3. The van der Waals surface area contributed by atoms with E-state index in [9.17, 15) is 14.7 Å². The number of aryl methyl sites for hydroxylation is 2. The number of carbonyl (C=O) groups is 2. The lowest BCUT2D eigenvalue weighted by Crippen LogP contribution is -2.33. The Balaban J connectivity index is 2.01. The van der Waals surface area contributed by atoms with E-state index in [4.69, 9.17) is 4.74 Å². The van der Waals surface area contributed by atoms with Gasteiger partial charge in [-0.05, 0) is 65.5 Å². The molecule has 0 fully saturated rings. The average Bonchev–Trinajstić information content (AvgIpc) is 3.18. The number of thiazole rings is 1. The topological polar surface area (TPSA) is 83.0 Å². The van der Waals surface area contributed by atoms with Crippen LogP contribution in [-0.2, 0) is 4.79 Å². The summed E-state index contributed by atoms with van der Waals surface area (Å²) in [4.78, 5) is 34.9. The van der Waals surface area contributed by atoms with Crippen molar-refractivity contribution in [2.75, 3.05) is 33.8 Å². The molecule has 8 heteroatoms. The van der Waals surface area contributed by atoms with E-state index in [1.165, 1.54) is 11.3 Å². The molecule has 1 aromatic heterocycles. The quantitative estimate of drug-likeness (QED) is 0.595. The van der Waals surface area contributed by atoms with E-state index in [2.05, 4.69) is 4.98 Å². The van der Waals surface area contributed by atoms with E-state index >= 15 is 0 Å². The molecule has 1 atom stereocenters. The van der Waals surface area contributed by atoms with Crippen molar-refractivity contribution >= 4 is 23.0 Å². The molecule has 2 aromatic rings. The van der Waals surface area contributed by atoms with E-state index in [1.54, 1.807) is 11.8 Å². The molecule has 0 aliphatic carbocycles. The van der Waals surface area contributed by atoms with Crippen LogP contribution in [0.4, 0.5) is 0 Å². The van der Waals surface area contributed by atoms with Crippen LogP contribution >= 0.6 is 11.3 Å². The first-order chi connectivity index (χ1) is 14.7. The zero-order valence-corrected chi connectivity index (χ0v) is 19.5. The predicted molar refractivity (Wildman–Crippen MR) is 121 cm³/mol. The summed E-state index contributed by atoms with van der Waals surface area (Å²) in [5.41, 5.74) is 1.48. The first kappa shape index (κ1) is 23.0. The molecular formula is C23H29N3O4S. The Morgan fingerprint density at radius 1 is 1.26 bits per heavy atom. The van der Waals surface area contributed by atoms with Gasteiger partial charge in [-0.15, -0.1) is 11.3 Å². The van der Waals surface area contributed by atoms with Crippen LogP contribution in [0.15, 0.2) is 35.6 Å². The van der Waals surface area contributed by atoms with Crippen LogP contribution in [-0.4, -0.2) is 65.4 Å². The van der Waals surface area contributed by atoms with Crippen LogP contribution in [0.3, 0.4) is 0 Å². The third-order valence-corrected chi connectivity index (χ3v) is 6.24. The highest BCUT2D eigenvalue weighted by Gasteiger charge is 2.44. The number of rotatable bonds is 9. The molecule has 0 bridgehead atoms. The number of Topliss-reactive ketones (excluding diaryl/α,β-unsaturated/α-hetero) is 1. The van der Waals surface area contributed by atoms with E-state index in [1.807, 2.05) is 57.1 Å². The Labute approximate surface area is 187 Å². The van der Waals surface area contributed by atoms with Crippen LogP contribution in [0.2, 0.25) is 0 Å². The van der Waals surface area contributed by atoms with Crippen molar-refractivity contribution in [3.8, 4) is 5.75 Å². The molecule has 1 N–H and O–H groups in total. The second kappa shape index (κ2) is 9.62. The minimum atomic E-state index is -0.653. The minimum Gasteiger partial charge on any atom is -0.503 e. The standard InChI is InChI=1S/C23H29N3O4S/c1-6-30-17-10-8-16(9-11-17)19-18(20(27)22-14(2)24-15(3)31-22)21(28)23(29)26(19)13-7-12-25(4)5/h8-11,19,28H,6-7,12-13H2,1-5H3/t19-/m1/s1. The molecule has 0 spiro atoms. The Bertz CT molecular complexity index is 995. The SMILES string of the molecule is CCOc1ccc([C@@H]2C(C(=O)c3sc(C)nc3C)=C(O)C(=O)N2CCCN(C)C)cc1. The average molecular weight is 444 g/mol. The van der Waals surface area contributed by atoms with Gasteiger partial charge in [0, 0.05) is 6.54 Å². The first-order valence-electron chi connectivity index (χ1n) is 10.3. The van der Waals surface area contributed by atoms with Gasteiger partial charge >= 0.3 is 0 Å². The zero-order valence-electron chi connectivity index (χ0n) is 18.6. The largest absolute Gasteiger partial charge is 0.503 e. The Morgan fingerprint density at radius 3 is 2.48 bits per heavy atom. The monoisotopic (exact) mass is 443 g/mol. The summed E-state index contributed by atoms with van der Waals surface area (Å²) in [6.45, 7) is 7.28. The van der Waals surface area contributed by atoms with Crippen molar-refractivity contribution < 1.29 is 19.4 Å². The molecule has 0 saturated carbocycles. The molecule has 0 unspecified atom stereocenters. The summed E-state index contributed by atoms with van der Waals surface area (Å²) in [7, 11) is 3.94. The van der Waals surface area contributed by atoms with Gasteiger partial charge in [0.1, 0.15) is 5.75 Å². The van der Waals surface area contributed by atoms with Crippen molar-refractivity contribution in [1.82, 2.24) is 14.8 Å². The Morgan fingerprint density at radius 2 is 1.94 bits per heavy atom. The zero-order chi connectivity index (χ0) is 22.7. The Kier molecular flexibility index (Phi) is 7.12. The highest BCUT2D eigenvalue weighted by atomic mass is 32.1. The summed E-state index contributed by atoms with van der Waals surface area (Å²) in [6.07, 6.45) is 0.722. The lowest BCUT2D eigenvalue weighted by Gasteiger charge is -2.27. The number of ether oxygens (including phenoxy) is 1. The van der Waals surface area contributed by atoms with Gasteiger partial charge < -0.3 is 19.6 Å². The van der Waals surface area contributed by atoms with Crippen LogP contribution in [0.1, 0.15) is 45.3 Å². The smallest absolute Gasteiger partial charge is 0.290 e. The number of hydrogen-bond donors (Lipinski definition) is 1. The summed E-state index contributed by atoms with van der Waals surface area (Å²) < 4.78 is 5.52. The van der Waals surface area contributed by atoms with Gasteiger partial charge in [0.2, 0.25) is 5.78 Å². The Hall–Kier alpha value is -2.71. The third-order valence-electron chi connectivity index (χ3n) is 5.17. The third kappa shape index (κ3) is 4.80. The molecular weight excluding hydrogens is 414 g/mol. The molecule has 1 aliphatic rings. The van der Waals surface area contributed by atoms with Crippen molar-refractivity contribution in [3.63, 3.8) is 0 Å². The van der Waals surface area contributed by atoms with Gasteiger partial charge in [0.25, 0.3) is 5.91 Å². The molecule has 1 aliphatic heterocycles. The molecule has 0 saturated heterocycles. The number of aliphatic hydroxyl groups excluding tert-OH is 1. The van der Waals surface area contributed by atoms with Gasteiger partial charge in [-0.3, -0.25) is 9.59 Å². The number of benzene rings is 1. The first-order valence-corrected chi connectivity index (χ1v) is 11.2. The number of amides is 1. The van der Waals surface area contributed by atoms with Gasteiger partial charge in [-0.2, -0.15) is 0 Å². The summed E-state index contributed by atoms with van der Waals surface area (Å²) >= 11 is 1.28. The number of ketones is 1. The second-order valence-corrected chi connectivity index (χ2v) is 9.00. The predicted octanol–water partition coefficient (Wildman–Crippen LogP) is 3.69. The van der Waals surface area contributed by atoms with E-state index < -0.39 is 17.7 Å². The molecule has 31 heavy (non-hydrogen) atoms. The highest BCUT2D eigenvalue weighted by Crippen LogP contribution is 2.40. The summed E-state index contributed by atoms with van der Waals surface area (Å²) in [5, 5.41) is 11.5. The van der Waals surface area contributed by atoms with Crippen molar-refractivity contribution in [3.05, 3.63) is 56.7 Å². The van der Waals surface area contributed by atoms with Crippen LogP contribution in [0, 0.1) is 13.8 Å². The number of aliphatic hydroxyl groups is 1. The van der Waals surface area contributed by atoms with Crippen LogP contribution in [0.5, 0.6) is 5.75 Å². The maximum Gasteiger partial charge on any atom is 0.290 e. The van der Waals surface area contributed by atoms with Crippen molar-refractivity contribution in [2.45, 2.75) is 33.2 Å². The normalized spacial score (nSPS) is 16.5. The molecule has 7 nitrogen and oxygen atoms in total. The van der Waals surface area contributed by atoms with Gasteiger partial charge in [-0.25, -0.2) is 4.98 Å². The van der Waals surface area contributed by atoms with Gasteiger partial charge in [0.05, 0.1) is 33.8 Å². The summed E-state index contributed by atoms with van der Waals surface area (Å²) in [5.74, 6) is -0.619. The van der Waals surface area contributed by atoms with Gasteiger partial charge in [-0.1, -0.05) is 12.1 Å². The molecule has 2 heterocycles. The molecule has 3 rings (SSSR count). The van der Waals surface area contributed by atoms with E-state index in [0.717, 1.165) is 23.5 Å². The van der Waals surface area contributed by atoms with Crippen molar-refractivity contribution in [1.29, 1.82) is 0 Å². The molecule has 166 valence electrons. The lowest BCUT2D eigenvalue weighted by molar-refractivity contribution is -0.129. The number of hydrogen-bond acceptors (Lipinski definition) is 7. The maximum absolute atomic E-state index is 13.5.